The van der Waals surface area contributed by atoms with Crippen molar-refractivity contribution in [3.05, 3.63) is 131 Å². The Balaban J connectivity index is 1.66. The molecular weight excluding hydrogens is 454 g/mol. The van der Waals surface area contributed by atoms with E-state index >= 15 is 0 Å². The second-order valence-corrected chi connectivity index (χ2v) is 8.49. The molecule has 0 saturated carbocycles. The predicted octanol–water partition coefficient (Wildman–Crippen LogP) is 7.13. The Morgan fingerprint density at radius 1 is 0.889 bits per heavy atom. The molecule has 0 radical (unpaired) electrons. The molecule has 5 heteroatoms. The molecule has 1 aliphatic heterocycles. The number of hydrogen-bond acceptors (Lipinski definition) is 2. The highest BCUT2D eigenvalue weighted by Gasteiger charge is 2.16. The van der Waals surface area contributed by atoms with Gasteiger partial charge < -0.3 is 4.74 Å². The first-order valence-electron chi connectivity index (χ1n) is 11.9. The predicted molar refractivity (Wildman–Crippen MR) is 140 cm³/mol. The van der Waals surface area contributed by atoms with Crippen LogP contribution in [0.1, 0.15) is 31.4 Å². The first-order valence-corrected chi connectivity index (χ1v) is 11.9. The largest absolute Gasteiger partial charge is 0.457 e. The Hall–Kier alpha value is -4.30. The van der Waals surface area contributed by atoms with E-state index in [1.165, 1.54) is 24.3 Å². The van der Waals surface area contributed by atoms with E-state index in [-0.39, 0.29) is 11.6 Å². The number of ether oxygens (including phenoxy) is 1. The van der Waals surface area contributed by atoms with Crippen LogP contribution in [-0.4, -0.2) is 23.4 Å². The lowest BCUT2D eigenvalue weighted by atomic mass is 9.98. The van der Waals surface area contributed by atoms with Gasteiger partial charge in [-0.15, -0.1) is 0 Å². The fourth-order valence-corrected chi connectivity index (χ4v) is 4.04. The van der Waals surface area contributed by atoms with Gasteiger partial charge in [0.2, 0.25) is 0 Å². The minimum Gasteiger partial charge on any atom is -0.457 e. The molecule has 4 rings (SSSR count). The fraction of sp³-hybridized carbons (Fsp3) is 0.161. The molecule has 0 bridgehead atoms. The molecule has 36 heavy (non-hydrogen) atoms. The maximum Gasteiger partial charge on any atom is 0.200 e. The van der Waals surface area contributed by atoms with E-state index in [0.717, 1.165) is 40.1 Å². The number of benzene rings is 2. The molecule has 0 N–H and O–H groups in total. The Labute approximate surface area is 210 Å². The molecule has 2 aromatic carbocycles. The van der Waals surface area contributed by atoms with E-state index in [1.807, 2.05) is 24.3 Å². The molecule has 1 heterocycles. The van der Waals surface area contributed by atoms with Gasteiger partial charge in [-0.1, -0.05) is 18.2 Å². The lowest BCUT2D eigenvalue weighted by Crippen LogP contribution is -2.21. The standard InChI is InChI=1S/C31H27F2N2O/c1-3-35(18-4-17-34)29-15-9-23(22(2)19-29)10-16-30-20-26(24-5-11-27(32)12-6-24)21-31(36-30)25-7-13-28(33)14-8-25/h5-16,19-21H,3-4,18H2,1-2H3/q+1/b23-10+,30-16+,35-29?. The summed E-state index contributed by atoms with van der Waals surface area (Å²) in [4.78, 5) is 0. The van der Waals surface area contributed by atoms with Crippen LogP contribution in [-0.2, 0) is 4.74 Å². The van der Waals surface area contributed by atoms with Gasteiger partial charge in [0.1, 0.15) is 29.7 Å². The van der Waals surface area contributed by atoms with E-state index in [0.29, 0.717) is 24.5 Å². The molecule has 0 spiro atoms. The molecule has 0 amide bonds. The van der Waals surface area contributed by atoms with Gasteiger partial charge in [0, 0.05) is 17.7 Å². The number of hydrogen-bond donors (Lipinski definition) is 0. The zero-order valence-electron chi connectivity index (χ0n) is 20.3. The maximum absolute atomic E-state index is 13.5. The summed E-state index contributed by atoms with van der Waals surface area (Å²) in [6.07, 6.45) is 14.4. The highest BCUT2D eigenvalue weighted by Crippen LogP contribution is 2.32. The van der Waals surface area contributed by atoms with Gasteiger partial charge in [-0.05, 0) is 96.8 Å². The van der Waals surface area contributed by atoms with Crippen molar-refractivity contribution in [2.75, 3.05) is 13.1 Å². The second kappa shape index (κ2) is 11.4. The van der Waals surface area contributed by atoms with Gasteiger partial charge >= 0.3 is 0 Å². The Morgan fingerprint density at radius 3 is 2.17 bits per heavy atom. The van der Waals surface area contributed by atoms with E-state index in [1.54, 1.807) is 24.3 Å². The molecule has 2 aromatic rings. The van der Waals surface area contributed by atoms with Crippen molar-refractivity contribution in [3.8, 4) is 6.07 Å². The smallest absolute Gasteiger partial charge is 0.200 e. The number of halogens is 2. The van der Waals surface area contributed by atoms with Crippen molar-refractivity contribution < 1.29 is 18.1 Å². The fourth-order valence-electron chi connectivity index (χ4n) is 4.04. The number of rotatable bonds is 6. The van der Waals surface area contributed by atoms with Crippen molar-refractivity contribution in [1.82, 2.24) is 0 Å². The molecule has 0 saturated heterocycles. The first kappa shape index (κ1) is 24.8. The average molecular weight is 482 g/mol. The second-order valence-electron chi connectivity index (χ2n) is 8.49. The molecule has 2 aliphatic rings. The quantitative estimate of drug-likeness (QED) is 0.412. The van der Waals surface area contributed by atoms with E-state index in [9.17, 15) is 8.78 Å². The number of allylic oxidation sites excluding steroid dienone is 10. The van der Waals surface area contributed by atoms with E-state index < -0.39 is 0 Å². The zero-order chi connectivity index (χ0) is 25.5. The van der Waals surface area contributed by atoms with Gasteiger partial charge in [-0.2, -0.15) is 5.26 Å². The van der Waals surface area contributed by atoms with Crippen LogP contribution in [0.25, 0.3) is 11.3 Å². The third-order valence-electron chi connectivity index (χ3n) is 6.04. The summed E-state index contributed by atoms with van der Waals surface area (Å²) in [5.41, 5.74) is 5.69. The average Bonchev–Trinajstić information content (AvgIpc) is 2.89. The van der Waals surface area contributed by atoms with Crippen LogP contribution in [0.4, 0.5) is 8.78 Å². The van der Waals surface area contributed by atoms with Crippen molar-refractivity contribution in [3.63, 3.8) is 0 Å². The summed E-state index contributed by atoms with van der Waals surface area (Å²) < 4.78 is 35.3. The Bertz CT molecular complexity index is 1390. The van der Waals surface area contributed by atoms with Gasteiger partial charge in [0.15, 0.2) is 12.3 Å². The lowest BCUT2D eigenvalue weighted by molar-refractivity contribution is -0.521. The number of nitrogens with zero attached hydrogens (tertiary/aromatic N) is 2. The summed E-state index contributed by atoms with van der Waals surface area (Å²) in [6.45, 7) is 5.66. The highest BCUT2D eigenvalue weighted by atomic mass is 19.1. The maximum atomic E-state index is 13.5. The molecule has 0 aromatic heterocycles. The molecular formula is C31H27F2N2O+. The third kappa shape index (κ3) is 6.03. The zero-order valence-corrected chi connectivity index (χ0v) is 20.3. The van der Waals surface area contributed by atoms with Crippen LogP contribution in [0.3, 0.4) is 0 Å². The summed E-state index contributed by atoms with van der Waals surface area (Å²) in [7, 11) is 0. The van der Waals surface area contributed by atoms with E-state index in [4.69, 9.17) is 10.00 Å². The molecule has 0 atom stereocenters. The topological polar surface area (TPSA) is 36.0 Å². The minimum atomic E-state index is -0.318. The van der Waals surface area contributed by atoms with Gasteiger partial charge in [0.05, 0.1) is 12.5 Å². The highest BCUT2D eigenvalue weighted by molar-refractivity contribution is 6.03. The van der Waals surface area contributed by atoms with Crippen molar-refractivity contribution in [1.29, 1.82) is 5.26 Å². The molecule has 180 valence electrons. The molecule has 0 unspecified atom stereocenters. The van der Waals surface area contributed by atoms with Crippen LogP contribution in [0.5, 0.6) is 0 Å². The lowest BCUT2D eigenvalue weighted by Gasteiger charge is -2.18. The monoisotopic (exact) mass is 481 g/mol. The summed E-state index contributed by atoms with van der Waals surface area (Å²) >= 11 is 0. The van der Waals surface area contributed by atoms with Gasteiger partial charge in [-0.3, -0.25) is 0 Å². The van der Waals surface area contributed by atoms with Crippen molar-refractivity contribution in [2.45, 2.75) is 20.3 Å². The SMILES string of the molecule is CC[N+](CCC#N)=C1C=C/C(=C\C=C2/C=C(c3ccc(F)cc3)C=C(c3ccc(F)cc3)O2)C(C)=C1. The molecule has 3 nitrogen and oxygen atoms in total. The van der Waals surface area contributed by atoms with E-state index in [2.05, 4.69) is 42.7 Å². The minimum absolute atomic E-state index is 0.300. The number of nitriles is 1. The summed E-state index contributed by atoms with van der Waals surface area (Å²) in [6, 6.07) is 14.6. The van der Waals surface area contributed by atoms with Crippen LogP contribution in [0.2, 0.25) is 0 Å². The van der Waals surface area contributed by atoms with Crippen molar-refractivity contribution in [2.24, 2.45) is 0 Å². The Morgan fingerprint density at radius 2 is 1.56 bits per heavy atom. The van der Waals surface area contributed by atoms with Crippen LogP contribution < -0.4 is 0 Å². The molecule has 0 fully saturated rings. The summed E-state index contributed by atoms with van der Waals surface area (Å²) in [5.74, 6) is 0.580. The van der Waals surface area contributed by atoms with Gasteiger partial charge in [-0.25, -0.2) is 13.4 Å². The Kier molecular flexibility index (Phi) is 7.87. The van der Waals surface area contributed by atoms with Crippen molar-refractivity contribution >= 4 is 17.0 Å². The van der Waals surface area contributed by atoms with Crippen LogP contribution >= 0.6 is 0 Å². The normalized spacial score (nSPS) is 18.8. The van der Waals surface area contributed by atoms with Crippen LogP contribution in [0, 0.1) is 23.0 Å². The summed E-state index contributed by atoms with van der Waals surface area (Å²) in [5, 5.41) is 8.92. The third-order valence-corrected chi connectivity index (χ3v) is 6.04. The molecule has 1 aliphatic carbocycles. The van der Waals surface area contributed by atoms with Gasteiger partial charge in [0.25, 0.3) is 0 Å². The first-order chi connectivity index (χ1) is 17.5. The van der Waals surface area contributed by atoms with Crippen LogP contribution in [0.15, 0.2) is 108 Å².